The Kier molecular flexibility index (Phi) is 6.10. The lowest BCUT2D eigenvalue weighted by atomic mass is 10.2. The summed E-state index contributed by atoms with van der Waals surface area (Å²) in [5.74, 6) is 0.839. The third-order valence-electron chi connectivity index (χ3n) is 3.32. The van der Waals surface area contributed by atoms with Crippen molar-refractivity contribution in [3.05, 3.63) is 60.2 Å². The molecule has 3 heteroatoms. The van der Waals surface area contributed by atoms with Crippen LogP contribution in [0.3, 0.4) is 0 Å². The zero-order valence-corrected chi connectivity index (χ0v) is 12.7. The molecule has 0 bridgehead atoms. The van der Waals surface area contributed by atoms with E-state index < -0.39 is 0 Å². The number of nitrogens with zero attached hydrogens (tertiary/aromatic N) is 1. The summed E-state index contributed by atoms with van der Waals surface area (Å²) in [6.45, 7) is 5.84. The Morgan fingerprint density at radius 3 is 2.52 bits per heavy atom. The van der Waals surface area contributed by atoms with Gasteiger partial charge >= 0.3 is 0 Å². The van der Waals surface area contributed by atoms with Crippen LogP contribution in [0.5, 0.6) is 5.75 Å². The van der Waals surface area contributed by atoms with Crippen molar-refractivity contribution in [3.8, 4) is 5.75 Å². The Bertz CT molecular complexity index is 528. The Labute approximate surface area is 127 Å². The van der Waals surface area contributed by atoms with Crippen LogP contribution in [0.2, 0.25) is 0 Å². The minimum atomic E-state index is 0.677. The van der Waals surface area contributed by atoms with E-state index in [1.165, 1.54) is 5.56 Å². The summed E-state index contributed by atoms with van der Waals surface area (Å²) in [5.41, 5.74) is 7.83. The van der Waals surface area contributed by atoms with Crippen LogP contribution in [0.4, 0.5) is 5.69 Å². The smallest absolute Gasteiger partial charge is 0.121 e. The number of benzene rings is 2. The second-order valence-corrected chi connectivity index (χ2v) is 5.18. The zero-order valence-electron chi connectivity index (χ0n) is 12.7. The monoisotopic (exact) mass is 284 g/mol. The lowest BCUT2D eigenvalue weighted by Gasteiger charge is -2.22. The van der Waals surface area contributed by atoms with Crippen molar-refractivity contribution in [2.45, 2.75) is 19.9 Å². The van der Waals surface area contributed by atoms with Gasteiger partial charge in [0.1, 0.15) is 12.4 Å². The Hall–Kier alpha value is -2.00. The van der Waals surface area contributed by atoms with Gasteiger partial charge in [0.25, 0.3) is 0 Å². The van der Waals surface area contributed by atoms with E-state index >= 15 is 0 Å². The first-order chi connectivity index (χ1) is 10.3. The topological polar surface area (TPSA) is 38.5 Å². The molecule has 0 aliphatic carbocycles. The molecule has 0 radical (unpaired) electrons. The molecule has 2 N–H and O–H groups in total. The predicted octanol–water partition coefficient (Wildman–Crippen LogP) is 3.56. The van der Waals surface area contributed by atoms with E-state index in [2.05, 4.69) is 42.2 Å². The SMILES string of the molecule is CCCN(CCOc1cccc(N)c1)Cc1ccccc1. The van der Waals surface area contributed by atoms with Gasteiger partial charge in [0.05, 0.1) is 0 Å². The van der Waals surface area contributed by atoms with Crippen LogP contribution in [0.25, 0.3) is 0 Å². The molecule has 0 amide bonds. The fourth-order valence-electron chi connectivity index (χ4n) is 2.32. The summed E-state index contributed by atoms with van der Waals surface area (Å²) in [6, 6.07) is 18.1. The van der Waals surface area contributed by atoms with E-state index in [4.69, 9.17) is 10.5 Å². The number of ether oxygens (including phenoxy) is 1. The highest BCUT2D eigenvalue weighted by atomic mass is 16.5. The first-order valence-electron chi connectivity index (χ1n) is 7.52. The van der Waals surface area contributed by atoms with Gasteiger partial charge in [-0.25, -0.2) is 0 Å². The third-order valence-corrected chi connectivity index (χ3v) is 3.32. The molecule has 0 aliphatic rings. The second-order valence-electron chi connectivity index (χ2n) is 5.18. The minimum absolute atomic E-state index is 0.677. The molecule has 0 fully saturated rings. The van der Waals surface area contributed by atoms with Crippen LogP contribution in [0, 0.1) is 0 Å². The van der Waals surface area contributed by atoms with Crippen molar-refractivity contribution in [1.82, 2.24) is 4.90 Å². The summed E-state index contributed by atoms with van der Waals surface area (Å²) >= 11 is 0. The molecule has 0 atom stereocenters. The van der Waals surface area contributed by atoms with Gasteiger partial charge in [-0.1, -0.05) is 43.3 Å². The number of hydrogen-bond donors (Lipinski definition) is 1. The van der Waals surface area contributed by atoms with E-state index in [0.29, 0.717) is 6.61 Å². The summed E-state index contributed by atoms with van der Waals surface area (Å²) in [7, 11) is 0. The van der Waals surface area contributed by atoms with Gasteiger partial charge < -0.3 is 10.5 Å². The molecule has 2 aromatic carbocycles. The minimum Gasteiger partial charge on any atom is -0.492 e. The molecule has 0 spiro atoms. The zero-order chi connectivity index (χ0) is 14.9. The predicted molar refractivity (Wildman–Crippen MR) is 88.4 cm³/mol. The van der Waals surface area contributed by atoms with Gasteiger partial charge in [-0.3, -0.25) is 4.90 Å². The molecular weight excluding hydrogens is 260 g/mol. The van der Waals surface area contributed by atoms with Gasteiger partial charge in [0.2, 0.25) is 0 Å². The molecule has 0 aromatic heterocycles. The average Bonchev–Trinajstić information content (AvgIpc) is 2.48. The first-order valence-corrected chi connectivity index (χ1v) is 7.52. The maximum Gasteiger partial charge on any atom is 0.121 e. The standard InChI is InChI=1S/C18H24N2O/c1-2-11-20(15-16-7-4-3-5-8-16)12-13-21-18-10-6-9-17(19)14-18/h3-10,14H,2,11-13,15,19H2,1H3. The Morgan fingerprint density at radius 1 is 1.00 bits per heavy atom. The van der Waals surface area contributed by atoms with Gasteiger partial charge in [-0.2, -0.15) is 0 Å². The highest BCUT2D eigenvalue weighted by molar-refractivity contribution is 5.43. The van der Waals surface area contributed by atoms with Crippen molar-refractivity contribution in [3.63, 3.8) is 0 Å². The van der Waals surface area contributed by atoms with E-state index in [1.807, 2.05) is 24.3 Å². The molecule has 0 aliphatic heterocycles. The summed E-state index contributed by atoms with van der Waals surface area (Å²) in [6.07, 6.45) is 1.14. The first kappa shape index (κ1) is 15.4. The van der Waals surface area contributed by atoms with Crippen molar-refractivity contribution >= 4 is 5.69 Å². The van der Waals surface area contributed by atoms with Crippen LogP contribution in [-0.4, -0.2) is 24.6 Å². The van der Waals surface area contributed by atoms with Crippen molar-refractivity contribution in [2.75, 3.05) is 25.4 Å². The fraction of sp³-hybridized carbons (Fsp3) is 0.333. The highest BCUT2D eigenvalue weighted by Crippen LogP contribution is 2.14. The van der Waals surface area contributed by atoms with Crippen molar-refractivity contribution in [2.24, 2.45) is 0 Å². The molecule has 112 valence electrons. The van der Waals surface area contributed by atoms with E-state index in [9.17, 15) is 0 Å². The van der Waals surface area contributed by atoms with E-state index in [-0.39, 0.29) is 0 Å². The summed E-state index contributed by atoms with van der Waals surface area (Å²) < 4.78 is 5.78. The molecule has 0 saturated carbocycles. The van der Waals surface area contributed by atoms with Gasteiger partial charge in [0.15, 0.2) is 0 Å². The van der Waals surface area contributed by atoms with E-state index in [0.717, 1.165) is 37.5 Å². The molecule has 0 unspecified atom stereocenters. The molecule has 3 nitrogen and oxygen atoms in total. The lowest BCUT2D eigenvalue weighted by molar-refractivity contribution is 0.203. The van der Waals surface area contributed by atoms with Crippen LogP contribution < -0.4 is 10.5 Å². The Balaban J connectivity index is 1.82. The molecule has 0 heterocycles. The van der Waals surface area contributed by atoms with Crippen LogP contribution in [0.15, 0.2) is 54.6 Å². The van der Waals surface area contributed by atoms with Gasteiger partial charge in [0, 0.05) is 24.8 Å². The van der Waals surface area contributed by atoms with Crippen molar-refractivity contribution in [1.29, 1.82) is 0 Å². The molecular formula is C18H24N2O. The quantitative estimate of drug-likeness (QED) is 0.753. The van der Waals surface area contributed by atoms with Crippen LogP contribution in [-0.2, 0) is 6.54 Å². The fourth-order valence-corrected chi connectivity index (χ4v) is 2.32. The molecule has 2 aromatic rings. The average molecular weight is 284 g/mol. The third kappa shape index (κ3) is 5.48. The highest BCUT2D eigenvalue weighted by Gasteiger charge is 2.05. The summed E-state index contributed by atoms with van der Waals surface area (Å²) in [5, 5.41) is 0. The maximum absolute atomic E-state index is 5.78. The molecule has 0 saturated heterocycles. The molecule has 2 rings (SSSR count). The van der Waals surface area contributed by atoms with Gasteiger partial charge in [-0.15, -0.1) is 0 Å². The van der Waals surface area contributed by atoms with E-state index in [1.54, 1.807) is 0 Å². The normalized spacial score (nSPS) is 10.8. The van der Waals surface area contributed by atoms with Crippen LogP contribution >= 0.6 is 0 Å². The number of hydrogen-bond acceptors (Lipinski definition) is 3. The second kappa shape index (κ2) is 8.32. The van der Waals surface area contributed by atoms with Gasteiger partial charge in [-0.05, 0) is 30.7 Å². The number of nitrogens with two attached hydrogens (primary N) is 1. The lowest BCUT2D eigenvalue weighted by Crippen LogP contribution is -2.28. The Morgan fingerprint density at radius 2 is 1.81 bits per heavy atom. The maximum atomic E-state index is 5.78. The van der Waals surface area contributed by atoms with Crippen molar-refractivity contribution < 1.29 is 4.74 Å². The number of rotatable bonds is 8. The molecule has 21 heavy (non-hydrogen) atoms. The number of anilines is 1. The number of nitrogen functional groups attached to an aromatic ring is 1. The summed E-state index contributed by atoms with van der Waals surface area (Å²) in [4.78, 5) is 2.42. The largest absolute Gasteiger partial charge is 0.492 e. The van der Waals surface area contributed by atoms with Crippen LogP contribution in [0.1, 0.15) is 18.9 Å².